The Labute approximate surface area is 192 Å². The second-order valence-corrected chi connectivity index (χ2v) is 7.65. The predicted octanol–water partition coefficient (Wildman–Crippen LogP) is 4.64. The van der Waals surface area contributed by atoms with Gasteiger partial charge in [-0.25, -0.2) is 18.5 Å². The maximum atomic E-state index is 14.0. The lowest BCUT2D eigenvalue weighted by atomic mass is 10.1. The van der Waals surface area contributed by atoms with Gasteiger partial charge in [0, 0.05) is 18.2 Å². The van der Waals surface area contributed by atoms with Crippen LogP contribution >= 0.6 is 0 Å². The molecular weight excluding hydrogens is 446 g/mol. The van der Waals surface area contributed by atoms with Crippen LogP contribution in [0.1, 0.15) is 56.6 Å². The van der Waals surface area contributed by atoms with Crippen molar-refractivity contribution in [3.05, 3.63) is 94.6 Å². The molecule has 0 aromatic heterocycles. The summed E-state index contributed by atoms with van der Waals surface area (Å²) in [5.74, 6) is -3.73. The van der Waals surface area contributed by atoms with Crippen molar-refractivity contribution in [2.45, 2.75) is 20.0 Å². The van der Waals surface area contributed by atoms with Crippen LogP contribution in [0.5, 0.6) is 0 Å². The second kappa shape index (κ2) is 8.86. The molecule has 0 aliphatic carbocycles. The number of carbonyl (C=O) groups excluding carboxylic acids is 4. The topological polar surface area (TPSA) is 92.8 Å². The maximum Gasteiger partial charge on any atom is 0.338 e. The highest BCUT2D eigenvalue weighted by Gasteiger charge is 2.37. The van der Waals surface area contributed by atoms with E-state index in [1.54, 1.807) is 12.1 Å². The molecule has 0 bridgehead atoms. The first-order valence-corrected chi connectivity index (χ1v) is 10.2. The van der Waals surface area contributed by atoms with E-state index in [4.69, 9.17) is 4.74 Å². The van der Waals surface area contributed by atoms with Gasteiger partial charge in [0.15, 0.2) is 0 Å². The average molecular weight is 464 g/mol. The molecule has 1 N–H and O–H groups in total. The molecule has 9 heteroatoms. The van der Waals surface area contributed by atoms with Crippen molar-refractivity contribution in [1.82, 2.24) is 0 Å². The summed E-state index contributed by atoms with van der Waals surface area (Å²) in [4.78, 5) is 50.5. The number of fused-ring (bicyclic) bond motifs is 1. The zero-order chi connectivity index (χ0) is 24.6. The Hall–Kier alpha value is -4.40. The van der Waals surface area contributed by atoms with Crippen molar-refractivity contribution in [2.75, 3.05) is 10.2 Å². The van der Waals surface area contributed by atoms with Crippen LogP contribution in [0.2, 0.25) is 0 Å². The number of amides is 3. The predicted molar refractivity (Wildman–Crippen MR) is 119 cm³/mol. The van der Waals surface area contributed by atoms with Crippen molar-refractivity contribution in [3.63, 3.8) is 0 Å². The first-order valence-electron chi connectivity index (χ1n) is 10.2. The molecule has 7 nitrogen and oxygen atoms in total. The molecule has 0 spiro atoms. The first kappa shape index (κ1) is 22.8. The SMILES string of the molecule is CC(=O)Nc1ccc(N2C(=O)c3ccc(C(=O)OC(C)c4cc(F)ccc4F)cc3C2=O)cc1. The molecule has 1 unspecified atom stereocenters. The summed E-state index contributed by atoms with van der Waals surface area (Å²) in [5, 5.41) is 2.59. The van der Waals surface area contributed by atoms with Crippen LogP contribution in [0.4, 0.5) is 20.2 Å². The Bertz CT molecular complexity index is 1340. The van der Waals surface area contributed by atoms with Gasteiger partial charge in [0.05, 0.1) is 22.4 Å². The Balaban J connectivity index is 1.55. The molecule has 0 fully saturated rings. The van der Waals surface area contributed by atoms with Gasteiger partial charge < -0.3 is 10.1 Å². The van der Waals surface area contributed by atoms with E-state index in [9.17, 15) is 28.0 Å². The molecule has 3 aromatic rings. The number of ether oxygens (including phenoxy) is 1. The minimum atomic E-state index is -1.09. The zero-order valence-electron chi connectivity index (χ0n) is 18.1. The van der Waals surface area contributed by atoms with Crippen molar-refractivity contribution >= 4 is 35.1 Å². The van der Waals surface area contributed by atoms with Crippen LogP contribution in [0, 0.1) is 11.6 Å². The number of halogens is 2. The minimum absolute atomic E-state index is 0.00924. The largest absolute Gasteiger partial charge is 0.454 e. The molecule has 0 saturated carbocycles. The standard InChI is InChI=1S/C25H18F2N2O5/c1-13(20-12-16(26)4-10-22(20)27)34-25(33)15-3-9-19-21(11-15)24(32)29(23(19)31)18-7-5-17(6-8-18)28-14(2)30/h3-13H,1-2H3,(H,28,30). The molecule has 1 heterocycles. The van der Waals surface area contributed by atoms with Crippen LogP contribution in [0.25, 0.3) is 0 Å². The van der Waals surface area contributed by atoms with Crippen molar-refractivity contribution in [2.24, 2.45) is 0 Å². The molecule has 172 valence electrons. The molecule has 1 aliphatic rings. The second-order valence-electron chi connectivity index (χ2n) is 7.65. The van der Waals surface area contributed by atoms with E-state index in [1.165, 1.54) is 44.2 Å². The lowest BCUT2D eigenvalue weighted by Crippen LogP contribution is -2.29. The molecule has 1 aliphatic heterocycles. The number of carbonyl (C=O) groups is 4. The summed E-state index contributed by atoms with van der Waals surface area (Å²) < 4.78 is 32.7. The zero-order valence-corrected chi connectivity index (χ0v) is 18.1. The number of benzene rings is 3. The Kier molecular flexibility index (Phi) is 5.93. The summed E-state index contributed by atoms with van der Waals surface area (Å²) in [7, 11) is 0. The van der Waals surface area contributed by atoms with Crippen molar-refractivity contribution in [3.8, 4) is 0 Å². The monoisotopic (exact) mass is 464 g/mol. The number of hydrogen-bond donors (Lipinski definition) is 1. The molecule has 0 radical (unpaired) electrons. The summed E-state index contributed by atoms with van der Waals surface area (Å²) in [5.41, 5.74) is 0.758. The number of nitrogens with one attached hydrogen (secondary N) is 1. The normalized spacial score (nSPS) is 13.5. The Morgan fingerprint density at radius 2 is 1.59 bits per heavy atom. The van der Waals surface area contributed by atoms with E-state index in [0.717, 1.165) is 23.1 Å². The number of rotatable bonds is 5. The lowest BCUT2D eigenvalue weighted by molar-refractivity contribution is -0.114. The van der Waals surface area contributed by atoms with Gasteiger partial charge in [0.25, 0.3) is 11.8 Å². The van der Waals surface area contributed by atoms with Gasteiger partial charge in [-0.3, -0.25) is 14.4 Å². The summed E-state index contributed by atoms with van der Waals surface area (Å²) in [6.45, 7) is 2.75. The minimum Gasteiger partial charge on any atom is -0.454 e. The molecule has 1 atom stereocenters. The summed E-state index contributed by atoms with van der Waals surface area (Å²) in [6.07, 6.45) is -1.09. The molecule has 3 aromatic carbocycles. The fourth-order valence-corrected chi connectivity index (χ4v) is 3.62. The number of esters is 1. The number of anilines is 2. The highest BCUT2D eigenvalue weighted by atomic mass is 19.1. The van der Waals surface area contributed by atoms with Crippen LogP contribution in [-0.4, -0.2) is 23.7 Å². The van der Waals surface area contributed by atoms with E-state index in [2.05, 4.69) is 5.32 Å². The fraction of sp³-hybridized carbons (Fsp3) is 0.120. The van der Waals surface area contributed by atoms with Crippen LogP contribution in [0.15, 0.2) is 60.7 Å². The van der Waals surface area contributed by atoms with Gasteiger partial charge >= 0.3 is 5.97 Å². The third-order valence-electron chi connectivity index (χ3n) is 5.25. The van der Waals surface area contributed by atoms with Crippen LogP contribution < -0.4 is 10.2 Å². The highest BCUT2D eigenvalue weighted by Crippen LogP contribution is 2.31. The van der Waals surface area contributed by atoms with Crippen molar-refractivity contribution in [1.29, 1.82) is 0 Å². The quantitative estimate of drug-likeness (QED) is 0.439. The molecule has 3 amide bonds. The van der Waals surface area contributed by atoms with Gasteiger partial charge in [-0.05, 0) is 67.6 Å². The van der Waals surface area contributed by atoms with E-state index in [0.29, 0.717) is 11.4 Å². The molecular formula is C25H18F2N2O5. The molecule has 34 heavy (non-hydrogen) atoms. The average Bonchev–Trinajstić information content (AvgIpc) is 3.05. The Morgan fingerprint density at radius 1 is 0.912 bits per heavy atom. The number of imide groups is 1. The third-order valence-corrected chi connectivity index (χ3v) is 5.25. The lowest BCUT2D eigenvalue weighted by Gasteiger charge is -2.15. The maximum absolute atomic E-state index is 14.0. The van der Waals surface area contributed by atoms with Gasteiger partial charge in [0.1, 0.15) is 17.7 Å². The Morgan fingerprint density at radius 3 is 2.26 bits per heavy atom. The summed E-state index contributed by atoms with van der Waals surface area (Å²) >= 11 is 0. The fourth-order valence-electron chi connectivity index (χ4n) is 3.62. The summed E-state index contributed by atoms with van der Waals surface area (Å²) in [6, 6.07) is 12.9. The molecule has 0 saturated heterocycles. The van der Waals surface area contributed by atoms with Crippen LogP contribution in [-0.2, 0) is 9.53 Å². The molecule has 4 rings (SSSR count). The van der Waals surface area contributed by atoms with Gasteiger partial charge in [-0.1, -0.05) is 0 Å². The highest BCUT2D eigenvalue weighted by molar-refractivity contribution is 6.34. The van der Waals surface area contributed by atoms with E-state index in [-0.39, 0.29) is 28.2 Å². The van der Waals surface area contributed by atoms with Gasteiger partial charge in [-0.2, -0.15) is 0 Å². The van der Waals surface area contributed by atoms with E-state index < -0.39 is 35.5 Å². The smallest absolute Gasteiger partial charge is 0.338 e. The number of nitrogens with zero attached hydrogens (tertiary/aromatic N) is 1. The van der Waals surface area contributed by atoms with Crippen LogP contribution in [0.3, 0.4) is 0 Å². The van der Waals surface area contributed by atoms with E-state index in [1.807, 2.05) is 0 Å². The van der Waals surface area contributed by atoms with E-state index >= 15 is 0 Å². The first-order chi connectivity index (χ1) is 16.2. The van der Waals surface area contributed by atoms with Crippen molar-refractivity contribution < 1.29 is 32.7 Å². The van der Waals surface area contributed by atoms with Gasteiger partial charge in [0.2, 0.25) is 5.91 Å². The number of hydrogen-bond acceptors (Lipinski definition) is 5. The van der Waals surface area contributed by atoms with Gasteiger partial charge in [-0.15, -0.1) is 0 Å². The third kappa shape index (κ3) is 4.27.